The number of carbonyl (C=O) groups is 1. The van der Waals surface area contributed by atoms with Gasteiger partial charge in [-0.1, -0.05) is 12.5 Å². The lowest BCUT2D eigenvalue weighted by Crippen LogP contribution is -2.35. The number of hydrogen-bond donors (Lipinski definition) is 0. The van der Waals surface area contributed by atoms with Crippen LogP contribution in [0.15, 0.2) is 11.8 Å². The van der Waals surface area contributed by atoms with Gasteiger partial charge in [0.05, 0.1) is 0 Å². The molecule has 1 rings (SSSR count). The minimum Gasteiger partial charge on any atom is -0.443 e. The third-order valence-electron chi connectivity index (χ3n) is 2.32. The summed E-state index contributed by atoms with van der Waals surface area (Å²) in [5.74, 6) is 0. The molecule has 0 unspecified atom stereocenters. The summed E-state index contributed by atoms with van der Waals surface area (Å²) in [4.78, 5) is 13.4. The fourth-order valence-electron chi connectivity index (χ4n) is 1.56. The zero-order chi connectivity index (χ0) is 11.5. The molecule has 3 heteroatoms. The van der Waals surface area contributed by atoms with Crippen LogP contribution in [0, 0.1) is 0 Å². The second kappa shape index (κ2) is 4.69. The van der Waals surface area contributed by atoms with Crippen LogP contribution in [0.2, 0.25) is 0 Å². The van der Waals surface area contributed by atoms with Gasteiger partial charge in [-0.3, -0.25) is 4.90 Å². The Balaban J connectivity index is 2.60. The van der Waals surface area contributed by atoms with Crippen molar-refractivity contribution in [2.75, 3.05) is 6.54 Å². The van der Waals surface area contributed by atoms with Crippen molar-refractivity contribution in [1.29, 1.82) is 0 Å². The van der Waals surface area contributed by atoms with Gasteiger partial charge in [-0.25, -0.2) is 4.79 Å². The second-order valence-corrected chi connectivity index (χ2v) is 4.92. The predicted molar refractivity (Wildman–Crippen MR) is 60.5 cm³/mol. The largest absolute Gasteiger partial charge is 0.443 e. The molecule has 0 saturated carbocycles. The molecule has 1 heterocycles. The minimum atomic E-state index is -0.408. The van der Waals surface area contributed by atoms with E-state index >= 15 is 0 Å². The summed E-state index contributed by atoms with van der Waals surface area (Å²) < 4.78 is 5.31. The van der Waals surface area contributed by atoms with E-state index in [1.165, 1.54) is 5.57 Å². The minimum absolute atomic E-state index is 0.229. The van der Waals surface area contributed by atoms with Crippen LogP contribution in [0.3, 0.4) is 0 Å². The molecule has 0 saturated heterocycles. The van der Waals surface area contributed by atoms with E-state index in [1.54, 1.807) is 4.90 Å². The molecule has 0 N–H and O–H groups in total. The normalized spacial score (nSPS) is 17.3. The fourth-order valence-corrected chi connectivity index (χ4v) is 1.56. The maximum Gasteiger partial charge on any atom is 0.414 e. The molecule has 15 heavy (non-hydrogen) atoms. The van der Waals surface area contributed by atoms with Crippen molar-refractivity contribution in [3.8, 4) is 0 Å². The Labute approximate surface area is 92.1 Å². The first-order valence-electron chi connectivity index (χ1n) is 5.61. The predicted octanol–water partition coefficient (Wildman–Crippen LogP) is 3.31. The first kappa shape index (κ1) is 12.1. The molecule has 86 valence electrons. The molecule has 3 nitrogen and oxygen atoms in total. The molecule has 0 aromatic carbocycles. The van der Waals surface area contributed by atoms with Gasteiger partial charge in [0.2, 0.25) is 0 Å². The smallest absolute Gasteiger partial charge is 0.414 e. The van der Waals surface area contributed by atoms with Gasteiger partial charge in [0.25, 0.3) is 0 Å². The molecule has 0 aliphatic carbocycles. The van der Waals surface area contributed by atoms with Gasteiger partial charge in [-0.15, -0.1) is 0 Å². The van der Waals surface area contributed by atoms with Crippen molar-refractivity contribution in [3.63, 3.8) is 0 Å². The molecule has 1 aliphatic rings. The first-order chi connectivity index (χ1) is 6.92. The van der Waals surface area contributed by atoms with Crippen LogP contribution in [0.1, 0.15) is 47.0 Å². The Morgan fingerprint density at radius 3 is 2.73 bits per heavy atom. The van der Waals surface area contributed by atoms with Crippen molar-refractivity contribution in [3.05, 3.63) is 11.8 Å². The number of carbonyl (C=O) groups excluding carboxylic acids is 1. The van der Waals surface area contributed by atoms with Crippen molar-refractivity contribution in [2.24, 2.45) is 0 Å². The number of rotatable bonds is 1. The molecule has 0 radical (unpaired) electrons. The van der Waals surface area contributed by atoms with Gasteiger partial charge in [-0.05, 0) is 40.0 Å². The van der Waals surface area contributed by atoms with Crippen LogP contribution in [0.25, 0.3) is 0 Å². The van der Waals surface area contributed by atoms with Gasteiger partial charge in [-0.2, -0.15) is 0 Å². The van der Waals surface area contributed by atoms with Gasteiger partial charge < -0.3 is 4.74 Å². The summed E-state index contributed by atoms with van der Waals surface area (Å²) in [5, 5.41) is 0. The zero-order valence-electron chi connectivity index (χ0n) is 10.2. The summed E-state index contributed by atoms with van der Waals surface area (Å²) in [6.07, 6.45) is 4.87. The number of allylic oxidation sites excluding steroid dienone is 1. The monoisotopic (exact) mass is 211 g/mol. The number of hydrogen-bond acceptors (Lipinski definition) is 2. The van der Waals surface area contributed by atoms with Crippen LogP contribution in [0.5, 0.6) is 0 Å². The van der Waals surface area contributed by atoms with Gasteiger partial charge in [0.1, 0.15) is 5.60 Å². The molecule has 1 amide bonds. The Morgan fingerprint density at radius 1 is 1.53 bits per heavy atom. The van der Waals surface area contributed by atoms with Crippen molar-refractivity contribution in [1.82, 2.24) is 4.90 Å². The highest BCUT2D eigenvalue weighted by molar-refractivity contribution is 5.69. The first-order valence-corrected chi connectivity index (χ1v) is 5.61. The summed E-state index contributed by atoms with van der Waals surface area (Å²) in [7, 11) is 0. The van der Waals surface area contributed by atoms with E-state index in [0.29, 0.717) is 0 Å². The SMILES string of the molecule is CCC1=CN(C(=O)OC(C)(C)C)CCC1. The lowest BCUT2D eigenvalue weighted by Gasteiger charge is -2.28. The Kier molecular flexibility index (Phi) is 3.77. The van der Waals surface area contributed by atoms with Gasteiger partial charge in [0, 0.05) is 12.7 Å². The maximum absolute atomic E-state index is 11.7. The molecule has 0 fully saturated rings. The third kappa shape index (κ3) is 3.94. The molecular formula is C12H21NO2. The highest BCUT2D eigenvalue weighted by atomic mass is 16.6. The standard InChI is InChI=1S/C12H21NO2/c1-5-10-7-6-8-13(9-10)11(14)15-12(2,3)4/h9H,5-8H2,1-4H3. The fraction of sp³-hybridized carbons (Fsp3) is 0.750. The van der Waals surface area contributed by atoms with Crippen LogP contribution in [-0.2, 0) is 4.74 Å². The van der Waals surface area contributed by atoms with Crippen molar-refractivity contribution < 1.29 is 9.53 Å². The average Bonchev–Trinajstić information content (AvgIpc) is 2.15. The van der Waals surface area contributed by atoms with Crippen LogP contribution >= 0.6 is 0 Å². The topological polar surface area (TPSA) is 29.5 Å². The molecule has 0 bridgehead atoms. The van der Waals surface area contributed by atoms with Crippen LogP contribution < -0.4 is 0 Å². The summed E-state index contributed by atoms with van der Waals surface area (Å²) in [5.41, 5.74) is 0.918. The molecule has 1 aliphatic heterocycles. The van der Waals surface area contributed by atoms with E-state index < -0.39 is 5.60 Å². The van der Waals surface area contributed by atoms with E-state index in [4.69, 9.17) is 4.74 Å². The van der Waals surface area contributed by atoms with Crippen molar-refractivity contribution >= 4 is 6.09 Å². The average molecular weight is 211 g/mol. The lowest BCUT2D eigenvalue weighted by molar-refractivity contribution is 0.0324. The van der Waals surface area contributed by atoms with E-state index in [-0.39, 0.29) is 6.09 Å². The molecule has 0 aromatic heterocycles. The second-order valence-electron chi connectivity index (χ2n) is 4.92. The Morgan fingerprint density at radius 2 is 2.20 bits per heavy atom. The Hall–Kier alpha value is -0.990. The van der Waals surface area contributed by atoms with E-state index in [0.717, 1.165) is 25.8 Å². The summed E-state index contributed by atoms with van der Waals surface area (Å²) >= 11 is 0. The molecule has 0 aromatic rings. The van der Waals surface area contributed by atoms with Gasteiger partial charge >= 0.3 is 6.09 Å². The quantitative estimate of drug-likeness (QED) is 0.666. The molecule has 0 spiro atoms. The third-order valence-corrected chi connectivity index (χ3v) is 2.32. The number of amides is 1. The van der Waals surface area contributed by atoms with Crippen molar-refractivity contribution in [2.45, 2.75) is 52.6 Å². The maximum atomic E-state index is 11.7. The number of nitrogens with zero attached hydrogens (tertiary/aromatic N) is 1. The highest BCUT2D eigenvalue weighted by Crippen LogP contribution is 2.19. The Bertz CT molecular complexity index is 263. The number of ether oxygens (including phenoxy) is 1. The van der Waals surface area contributed by atoms with E-state index in [9.17, 15) is 4.79 Å². The summed E-state index contributed by atoms with van der Waals surface area (Å²) in [6.45, 7) is 8.56. The van der Waals surface area contributed by atoms with Crippen LogP contribution in [0.4, 0.5) is 4.79 Å². The van der Waals surface area contributed by atoms with E-state index in [2.05, 4.69) is 6.92 Å². The summed E-state index contributed by atoms with van der Waals surface area (Å²) in [6, 6.07) is 0. The zero-order valence-corrected chi connectivity index (χ0v) is 10.2. The molecule has 0 atom stereocenters. The van der Waals surface area contributed by atoms with Crippen LogP contribution in [-0.4, -0.2) is 23.1 Å². The highest BCUT2D eigenvalue weighted by Gasteiger charge is 2.22. The van der Waals surface area contributed by atoms with Gasteiger partial charge in [0.15, 0.2) is 0 Å². The van der Waals surface area contributed by atoms with E-state index in [1.807, 2.05) is 27.0 Å². The lowest BCUT2D eigenvalue weighted by atomic mass is 10.1. The molecular weight excluding hydrogens is 190 g/mol.